The first kappa shape index (κ1) is 20.8. The van der Waals surface area contributed by atoms with Gasteiger partial charge in [-0.3, -0.25) is 19.1 Å². The minimum Gasteiger partial charge on any atom is -0.394 e. The Balaban J connectivity index is 2.19. The Morgan fingerprint density at radius 3 is 2.56 bits per heavy atom. The number of alkyl halides is 3. The van der Waals surface area contributed by atoms with E-state index in [1.165, 1.54) is 0 Å². The van der Waals surface area contributed by atoms with Crippen molar-refractivity contribution in [2.24, 2.45) is 0 Å². The van der Waals surface area contributed by atoms with Crippen molar-refractivity contribution in [3.05, 3.63) is 38.7 Å². The van der Waals surface area contributed by atoms with Crippen LogP contribution in [0.25, 0.3) is 6.08 Å². The number of amides is 1. The number of ether oxygens (including phenoxy) is 1. The molecular formula is C14H16F3N3O7. The van der Waals surface area contributed by atoms with Gasteiger partial charge in [0.1, 0.15) is 18.3 Å². The normalized spacial score (nSPS) is 25.9. The lowest BCUT2D eigenvalue weighted by atomic mass is 10.1. The molecule has 0 aliphatic carbocycles. The average molecular weight is 395 g/mol. The fourth-order valence-electron chi connectivity index (χ4n) is 2.36. The maximum absolute atomic E-state index is 12.1. The van der Waals surface area contributed by atoms with Crippen molar-refractivity contribution in [1.82, 2.24) is 14.9 Å². The first-order valence-electron chi connectivity index (χ1n) is 7.55. The van der Waals surface area contributed by atoms with Crippen LogP contribution in [0.2, 0.25) is 0 Å². The van der Waals surface area contributed by atoms with Gasteiger partial charge in [0.25, 0.3) is 5.56 Å². The van der Waals surface area contributed by atoms with Gasteiger partial charge in [-0.2, -0.15) is 13.2 Å². The van der Waals surface area contributed by atoms with E-state index in [9.17, 15) is 37.8 Å². The van der Waals surface area contributed by atoms with Crippen molar-refractivity contribution in [3.8, 4) is 0 Å². The third-order valence-electron chi connectivity index (χ3n) is 3.72. The first-order chi connectivity index (χ1) is 12.6. The van der Waals surface area contributed by atoms with Crippen molar-refractivity contribution in [2.45, 2.75) is 30.7 Å². The fourth-order valence-corrected chi connectivity index (χ4v) is 2.36. The molecule has 2 rings (SSSR count). The molecule has 0 bridgehead atoms. The summed E-state index contributed by atoms with van der Waals surface area (Å²) in [5.41, 5.74) is -2.03. The monoisotopic (exact) mass is 395 g/mol. The molecular weight excluding hydrogens is 379 g/mol. The summed E-state index contributed by atoms with van der Waals surface area (Å²) >= 11 is 0. The number of hydrogen-bond donors (Lipinski definition) is 5. The average Bonchev–Trinajstić information content (AvgIpc) is 2.87. The van der Waals surface area contributed by atoms with E-state index in [0.717, 1.165) is 22.9 Å². The summed E-state index contributed by atoms with van der Waals surface area (Å²) in [4.78, 5) is 36.3. The summed E-state index contributed by atoms with van der Waals surface area (Å²) in [6.45, 7) is -1.16. The molecule has 13 heteroatoms. The number of carbonyl (C=O) groups excluding carboxylic acids is 1. The minimum atomic E-state index is -5.04. The first-order valence-corrected chi connectivity index (χ1v) is 7.55. The van der Waals surface area contributed by atoms with Crippen molar-refractivity contribution in [1.29, 1.82) is 0 Å². The highest BCUT2D eigenvalue weighted by Gasteiger charge is 2.43. The second-order valence-corrected chi connectivity index (χ2v) is 5.59. The molecule has 1 amide bonds. The molecule has 10 nitrogen and oxygen atoms in total. The number of nitrogens with zero attached hydrogens (tertiary/aromatic N) is 1. The molecule has 0 radical (unpaired) electrons. The molecule has 1 aliphatic rings. The largest absolute Gasteiger partial charge is 0.471 e. The Hall–Kier alpha value is -2.48. The summed E-state index contributed by atoms with van der Waals surface area (Å²) in [6.07, 6.45) is -7.60. The number of aromatic amines is 1. The molecule has 5 N–H and O–H groups in total. The summed E-state index contributed by atoms with van der Waals surface area (Å²) in [7, 11) is 0. The molecule has 27 heavy (non-hydrogen) atoms. The third-order valence-corrected chi connectivity index (χ3v) is 3.72. The Morgan fingerprint density at radius 2 is 2.00 bits per heavy atom. The maximum Gasteiger partial charge on any atom is 0.471 e. The SMILES string of the molecule is O=C(NC/C=C/c1cn([C@@H]2O[C@H](CO)C(O)C2O)c(=O)[nH]c1=O)C(F)(F)F. The Kier molecular flexibility index (Phi) is 6.20. The molecule has 1 aliphatic heterocycles. The highest BCUT2D eigenvalue weighted by Crippen LogP contribution is 2.28. The van der Waals surface area contributed by atoms with Gasteiger partial charge in [0, 0.05) is 12.7 Å². The van der Waals surface area contributed by atoms with Crippen molar-refractivity contribution in [3.63, 3.8) is 0 Å². The van der Waals surface area contributed by atoms with E-state index >= 15 is 0 Å². The predicted molar refractivity (Wildman–Crippen MR) is 82.4 cm³/mol. The van der Waals surface area contributed by atoms with Gasteiger partial charge in [-0.15, -0.1) is 0 Å². The van der Waals surface area contributed by atoms with Crippen LogP contribution in [0.1, 0.15) is 11.8 Å². The predicted octanol–water partition coefficient (Wildman–Crippen LogP) is -2.16. The van der Waals surface area contributed by atoms with Gasteiger partial charge < -0.3 is 25.4 Å². The van der Waals surface area contributed by atoms with Crippen LogP contribution in [0.5, 0.6) is 0 Å². The number of carbonyl (C=O) groups is 1. The third kappa shape index (κ3) is 4.63. The molecule has 0 aromatic carbocycles. The molecule has 0 spiro atoms. The zero-order chi connectivity index (χ0) is 20.4. The molecule has 1 aromatic rings. The molecule has 4 atom stereocenters. The Bertz CT molecular complexity index is 832. The second-order valence-electron chi connectivity index (χ2n) is 5.59. The quantitative estimate of drug-likeness (QED) is 0.381. The van der Waals surface area contributed by atoms with Crippen molar-refractivity contribution >= 4 is 12.0 Å². The molecule has 0 saturated carbocycles. The van der Waals surface area contributed by atoms with Crippen LogP contribution in [0.3, 0.4) is 0 Å². The van der Waals surface area contributed by atoms with Gasteiger partial charge in [0.15, 0.2) is 6.23 Å². The van der Waals surface area contributed by atoms with Gasteiger partial charge in [0.05, 0.1) is 12.2 Å². The topological polar surface area (TPSA) is 154 Å². The number of halogens is 3. The number of H-pyrrole nitrogens is 1. The van der Waals surface area contributed by atoms with Gasteiger partial charge in [-0.1, -0.05) is 12.2 Å². The number of rotatable bonds is 5. The molecule has 2 unspecified atom stereocenters. The van der Waals surface area contributed by atoms with Crippen LogP contribution in [0, 0.1) is 0 Å². The lowest BCUT2D eigenvalue weighted by Gasteiger charge is -2.17. The van der Waals surface area contributed by atoms with Crippen LogP contribution in [-0.2, 0) is 9.53 Å². The van der Waals surface area contributed by atoms with Gasteiger partial charge in [0.2, 0.25) is 0 Å². The fraction of sp³-hybridized carbons (Fsp3) is 0.500. The zero-order valence-electron chi connectivity index (χ0n) is 13.5. The summed E-state index contributed by atoms with van der Waals surface area (Å²) in [6, 6.07) is 0. The molecule has 1 saturated heterocycles. The Labute approximate surface area is 148 Å². The van der Waals surface area contributed by atoms with E-state index in [0.29, 0.717) is 0 Å². The summed E-state index contributed by atoms with van der Waals surface area (Å²) < 4.78 is 42.1. The van der Waals surface area contributed by atoms with Crippen molar-refractivity contribution < 1.29 is 38.0 Å². The van der Waals surface area contributed by atoms with Gasteiger partial charge >= 0.3 is 17.8 Å². The van der Waals surface area contributed by atoms with Gasteiger partial charge in [-0.25, -0.2) is 4.79 Å². The lowest BCUT2D eigenvalue weighted by molar-refractivity contribution is -0.173. The number of aromatic nitrogens is 2. The minimum absolute atomic E-state index is 0.186. The smallest absolute Gasteiger partial charge is 0.394 e. The van der Waals surface area contributed by atoms with E-state index in [-0.39, 0.29) is 5.56 Å². The van der Waals surface area contributed by atoms with E-state index in [1.54, 1.807) is 5.32 Å². The van der Waals surface area contributed by atoms with Crippen LogP contribution in [0.4, 0.5) is 13.2 Å². The standard InChI is InChI=1S/C14H16F3N3O7/c15-14(16,17)12(25)18-3-1-2-6-4-20(13(26)19-10(6)24)11-9(23)8(22)7(5-21)27-11/h1-2,4,7-9,11,21-23H,3,5H2,(H,18,25)(H,19,24,26)/b2-1+/t7-,8?,9?,11-/m1/s1. The molecule has 150 valence electrons. The van der Waals surface area contributed by atoms with E-state index in [4.69, 9.17) is 9.84 Å². The number of aliphatic hydroxyl groups excluding tert-OH is 3. The van der Waals surface area contributed by atoms with E-state index in [1.807, 2.05) is 4.98 Å². The molecule has 1 fully saturated rings. The second kappa shape index (κ2) is 8.04. The van der Waals surface area contributed by atoms with Crippen LogP contribution < -0.4 is 16.6 Å². The molecule has 1 aromatic heterocycles. The highest BCUT2D eigenvalue weighted by atomic mass is 19.4. The van der Waals surface area contributed by atoms with Crippen LogP contribution >= 0.6 is 0 Å². The zero-order valence-corrected chi connectivity index (χ0v) is 13.5. The maximum atomic E-state index is 12.1. The Morgan fingerprint density at radius 1 is 1.33 bits per heavy atom. The number of hydrogen-bond acceptors (Lipinski definition) is 7. The van der Waals surface area contributed by atoms with E-state index in [2.05, 4.69) is 0 Å². The van der Waals surface area contributed by atoms with Crippen LogP contribution in [-0.4, -0.2) is 68.4 Å². The lowest BCUT2D eigenvalue weighted by Crippen LogP contribution is -2.38. The van der Waals surface area contributed by atoms with Crippen molar-refractivity contribution in [2.75, 3.05) is 13.2 Å². The number of nitrogens with one attached hydrogen (secondary N) is 2. The van der Waals surface area contributed by atoms with Crippen LogP contribution in [0.15, 0.2) is 21.9 Å². The van der Waals surface area contributed by atoms with E-state index < -0.39 is 61.0 Å². The summed E-state index contributed by atoms with van der Waals surface area (Å²) in [5, 5.41) is 30.3. The van der Waals surface area contributed by atoms with Gasteiger partial charge in [-0.05, 0) is 0 Å². The molecule has 2 heterocycles. The highest BCUT2D eigenvalue weighted by molar-refractivity contribution is 5.81. The summed E-state index contributed by atoms with van der Waals surface area (Å²) in [5.74, 6) is -2.16. The number of aliphatic hydroxyl groups is 3.